The Hall–Kier alpha value is -2.86. The van der Waals surface area contributed by atoms with Crippen molar-refractivity contribution in [2.24, 2.45) is 5.92 Å². The fourth-order valence-electron chi connectivity index (χ4n) is 4.14. The minimum atomic E-state index is 0.0422. The van der Waals surface area contributed by atoms with Gasteiger partial charge in [-0.05, 0) is 61.6 Å². The molecule has 2 fully saturated rings. The zero-order valence-electron chi connectivity index (χ0n) is 18.1. The maximum absolute atomic E-state index is 12.8. The van der Waals surface area contributed by atoms with Crippen LogP contribution in [0.3, 0.4) is 0 Å². The Balaban J connectivity index is 1.24. The van der Waals surface area contributed by atoms with Crippen LogP contribution >= 0.6 is 0 Å². The van der Waals surface area contributed by atoms with Gasteiger partial charge in [0.25, 0.3) is 11.8 Å². The van der Waals surface area contributed by atoms with E-state index < -0.39 is 0 Å². The molecule has 4 rings (SSSR count). The first-order chi connectivity index (χ1) is 15.1. The first-order valence-electron chi connectivity index (χ1n) is 11.1. The van der Waals surface area contributed by atoms with Gasteiger partial charge in [-0.15, -0.1) is 0 Å². The fourth-order valence-corrected chi connectivity index (χ4v) is 4.14. The Morgan fingerprint density at radius 3 is 2.23 bits per heavy atom. The van der Waals surface area contributed by atoms with Gasteiger partial charge in [-0.2, -0.15) is 0 Å². The molecule has 0 N–H and O–H groups in total. The van der Waals surface area contributed by atoms with Gasteiger partial charge in [0.2, 0.25) is 0 Å². The molecule has 0 spiro atoms. The number of morpholine rings is 1. The predicted molar refractivity (Wildman–Crippen MR) is 118 cm³/mol. The van der Waals surface area contributed by atoms with Crippen LogP contribution in [-0.4, -0.2) is 67.6 Å². The number of rotatable bonds is 5. The lowest BCUT2D eigenvalue weighted by Gasteiger charge is -2.32. The van der Waals surface area contributed by atoms with Crippen LogP contribution in [0.15, 0.2) is 48.5 Å². The van der Waals surface area contributed by atoms with Gasteiger partial charge in [-0.3, -0.25) is 9.59 Å². The summed E-state index contributed by atoms with van der Waals surface area (Å²) in [6, 6.07) is 15.2. The summed E-state index contributed by atoms with van der Waals surface area (Å²) in [5.74, 6) is 1.37. The zero-order valence-corrected chi connectivity index (χ0v) is 18.1. The highest BCUT2D eigenvalue weighted by atomic mass is 16.5. The summed E-state index contributed by atoms with van der Waals surface area (Å²) in [4.78, 5) is 29.1. The van der Waals surface area contributed by atoms with Crippen LogP contribution in [0.25, 0.3) is 0 Å². The smallest absolute Gasteiger partial charge is 0.254 e. The molecule has 2 aromatic carbocycles. The monoisotopic (exact) mass is 422 g/mol. The first-order valence-corrected chi connectivity index (χ1v) is 11.1. The first kappa shape index (κ1) is 21.4. The fraction of sp³-hybridized carbons (Fsp3) is 0.440. The summed E-state index contributed by atoms with van der Waals surface area (Å²) >= 11 is 0. The van der Waals surface area contributed by atoms with E-state index in [-0.39, 0.29) is 11.8 Å². The number of nitrogens with zero attached hydrogens (tertiary/aromatic N) is 2. The molecule has 2 aliphatic rings. The van der Waals surface area contributed by atoms with Gasteiger partial charge >= 0.3 is 0 Å². The third kappa shape index (κ3) is 5.25. The number of hydrogen-bond donors (Lipinski definition) is 0. The summed E-state index contributed by atoms with van der Waals surface area (Å²) < 4.78 is 11.3. The van der Waals surface area contributed by atoms with Crippen molar-refractivity contribution in [3.8, 4) is 5.75 Å². The lowest BCUT2D eigenvalue weighted by molar-refractivity contribution is 0.0303. The summed E-state index contributed by atoms with van der Waals surface area (Å²) in [6.07, 6.45) is 1.87. The van der Waals surface area contributed by atoms with E-state index in [1.165, 1.54) is 0 Å². The van der Waals surface area contributed by atoms with Gasteiger partial charge in [-0.1, -0.05) is 18.2 Å². The molecule has 2 aromatic rings. The van der Waals surface area contributed by atoms with Crippen molar-refractivity contribution in [1.29, 1.82) is 0 Å². The maximum Gasteiger partial charge on any atom is 0.254 e. The Morgan fingerprint density at radius 1 is 0.903 bits per heavy atom. The number of amides is 2. The molecular formula is C25H30N2O4. The maximum atomic E-state index is 12.8. The minimum Gasteiger partial charge on any atom is -0.493 e. The average molecular weight is 423 g/mol. The summed E-state index contributed by atoms with van der Waals surface area (Å²) in [5.41, 5.74) is 2.50. The highest BCUT2D eigenvalue weighted by Gasteiger charge is 2.25. The second-order valence-corrected chi connectivity index (χ2v) is 8.29. The van der Waals surface area contributed by atoms with Crippen LogP contribution in [0, 0.1) is 12.8 Å². The van der Waals surface area contributed by atoms with Crippen molar-refractivity contribution in [2.75, 3.05) is 46.0 Å². The quantitative estimate of drug-likeness (QED) is 0.741. The molecule has 164 valence electrons. The molecule has 0 aliphatic carbocycles. The zero-order chi connectivity index (χ0) is 21.6. The Kier molecular flexibility index (Phi) is 6.87. The third-order valence-corrected chi connectivity index (χ3v) is 6.16. The second kappa shape index (κ2) is 9.96. The van der Waals surface area contributed by atoms with Gasteiger partial charge in [-0.25, -0.2) is 0 Å². The molecule has 0 radical (unpaired) electrons. The van der Waals surface area contributed by atoms with E-state index in [1.54, 1.807) is 0 Å². The molecule has 0 bridgehead atoms. The summed E-state index contributed by atoms with van der Waals surface area (Å²) in [6.45, 7) is 6.61. The molecule has 0 aromatic heterocycles. The highest BCUT2D eigenvalue weighted by molar-refractivity contribution is 5.95. The molecule has 2 saturated heterocycles. The van der Waals surface area contributed by atoms with Crippen LogP contribution in [0.2, 0.25) is 0 Å². The number of ether oxygens (including phenoxy) is 2. The number of carbonyl (C=O) groups excluding carboxylic acids is 2. The molecule has 2 amide bonds. The summed E-state index contributed by atoms with van der Waals surface area (Å²) in [7, 11) is 0. The van der Waals surface area contributed by atoms with Crippen molar-refractivity contribution in [2.45, 2.75) is 19.8 Å². The standard InChI is InChI=1S/C25H30N2O4/c1-19-4-2-3-5-23(19)25(29)26-12-10-20(11-13-26)18-31-22-8-6-21(7-9-22)24(28)27-14-16-30-17-15-27/h2-9,20H,10-18H2,1H3. The van der Waals surface area contributed by atoms with Gasteiger partial charge in [0.1, 0.15) is 5.75 Å². The van der Waals surface area contributed by atoms with Crippen LogP contribution in [0.1, 0.15) is 39.1 Å². The molecular weight excluding hydrogens is 392 g/mol. The van der Waals surface area contributed by atoms with Crippen molar-refractivity contribution in [1.82, 2.24) is 9.80 Å². The Morgan fingerprint density at radius 2 is 1.55 bits per heavy atom. The third-order valence-electron chi connectivity index (χ3n) is 6.16. The molecule has 6 heteroatoms. The van der Waals surface area contributed by atoms with Crippen molar-refractivity contribution < 1.29 is 19.1 Å². The molecule has 0 saturated carbocycles. The van der Waals surface area contributed by atoms with Crippen molar-refractivity contribution >= 4 is 11.8 Å². The molecule has 2 heterocycles. The van der Waals surface area contributed by atoms with Crippen LogP contribution in [-0.2, 0) is 4.74 Å². The SMILES string of the molecule is Cc1ccccc1C(=O)N1CCC(COc2ccc(C(=O)N3CCOCC3)cc2)CC1. The molecule has 2 aliphatic heterocycles. The lowest BCUT2D eigenvalue weighted by Crippen LogP contribution is -2.40. The van der Waals surface area contributed by atoms with E-state index in [9.17, 15) is 9.59 Å². The van der Waals surface area contributed by atoms with Crippen LogP contribution in [0.4, 0.5) is 0 Å². The van der Waals surface area contributed by atoms with E-state index in [4.69, 9.17) is 9.47 Å². The molecule has 0 unspecified atom stereocenters. The number of carbonyl (C=O) groups is 2. The minimum absolute atomic E-state index is 0.0422. The van der Waals surface area contributed by atoms with Crippen LogP contribution in [0.5, 0.6) is 5.75 Å². The number of likely N-dealkylation sites (tertiary alicyclic amines) is 1. The van der Waals surface area contributed by atoms with Crippen molar-refractivity contribution in [3.05, 3.63) is 65.2 Å². The largest absolute Gasteiger partial charge is 0.493 e. The number of hydrogen-bond acceptors (Lipinski definition) is 4. The summed E-state index contributed by atoms with van der Waals surface area (Å²) in [5, 5.41) is 0. The highest BCUT2D eigenvalue weighted by Crippen LogP contribution is 2.22. The van der Waals surface area contributed by atoms with Gasteiger partial charge in [0.05, 0.1) is 19.8 Å². The number of aryl methyl sites for hydroxylation is 1. The normalized spacial score (nSPS) is 17.5. The topological polar surface area (TPSA) is 59.1 Å². The molecule has 6 nitrogen and oxygen atoms in total. The second-order valence-electron chi connectivity index (χ2n) is 8.29. The molecule has 31 heavy (non-hydrogen) atoms. The Labute approximate surface area is 183 Å². The number of piperidine rings is 1. The van der Waals surface area contributed by atoms with E-state index in [1.807, 2.05) is 65.3 Å². The Bertz CT molecular complexity index is 898. The lowest BCUT2D eigenvalue weighted by atomic mass is 9.96. The van der Waals surface area contributed by atoms with E-state index in [2.05, 4.69) is 0 Å². The van der Waals surface area contributed by atoms with E-state index in [0.717, 1.165) is 42.8 Å². The van der Waals surface area contributed by atoms with Crippen molar-refractivity contribution in [3.63, 3.8) is 0 Å². The number of benzene rings is 2. The van der Waals surface area contributed by atoms with Crippen LogP contribution < -0.4 is 4.74 Å². The molecule has 0 atom stereocenters. The van der Waals surface area contributed by atoms with Gasteiger partial charge in [0, 0.05) is 37.3 Å². The predicted octanol–water partition coefficient (Wildman–Crippen LogP) is 3.40. The van der Waals surface area contributed by atoms with E-state index in [0.29, 0.717) is 44.4 Å². The average Bonchev–Trinajstić information content (AvgIpc) is 2.83. The van der Waals surface area contributed by atoms with Gasteiger partial charge < -0.3 is 19.3 Å². The van der Waals surface area contributed by atoms with E-state index >= 15 is 0 Å². The van der Waals surface area contributed by atoms with Gasteiger partial charge in [0.15, 0.2) is 0 Å².